The summed E-state index contributed by atoms with van der Waals surface area (Å²) < 4.78 is 46.6. The van der Waals surface area contributed by atoms with E-state index in [1.807, 2.05) is 12.2 Å². The van der Waals surface area contributed by atoms with Crippen LogP contribution in [-0.4, -0.2) is 38.1 Å². The van der Waals surface area contributed by atoms with Gasteiger partial charge in [-0.05, 0) is 50.7 Å². The van der Waals surface area contributed by atoms with E-state index < -0.39 is 32.5 Å². The summed E-state index contributed by atoms with van der Waals surface area (Å²) in [5.41, 5.74) is -0.850. The fourth-order valence-corrected chi connectivity index (χ4v) is 7.43. The molecule has 0 amide bonds. The van der Waals surface area contributed by atoms with E-state index in [4.69, 9.17) is 9.47 Å². The van der Waals surface area contributed by atoms with Gasteiger partial charge in [-0.2, -0.15) is 0 Å². The molecule has 9 heteroatoms. The first kappa shape index (κ1) is 54.2. The second-order valence-corrected chi connectivity index (χ2v) is 16.3. The monoisotopic (exact) mass is 813 g/mol. The number of hydrogen-bond acceptors (Lipinski definition) is 7. The zero-order valence-corrected chi connectivity index (χ0v) is 39.4. The molecule has 310 valence electrons. The van der Waals surface area contributed by atoms with Crippen LogP contribution in [0.25, 0.3) is 0 Å². The van der Waals surface area contributed by atoms with Gasteiger partial charge in [0.2, 0.25) is 0 Å². The van der Waals surface area contributed by atoms with Crippen molar-refractivity contribution in [2.24, 2.45) is 0 Å². The summed E-state index contributed by atoms with van der Waals surface area (Å²) in [5.74, 6) is -1.89. The molecule has 0 heterocycles. The van der Waals surface area contributed by atoms with Crippen molar-refractivity contribution in [3.8, 4) is 0 Å². The first-order valence-electron chi connectivity index (χ1n) is 22.1. The average Bonchev–Trinajstić information content (AvgIpc) is 3.16. The predicted octanol–water partition coefficient (Wildman–Crippen LogP) is 10.8. The second kappa shape index (κ2) is 38.7. The Hall–Kier alpha value is -0.814. The third-order valence-corrected chi connectivity index (χ3v) is 10.9. The molecule has 0 radical (unpaired) electrons. The molecule has 1 rings (SSSR count). The van der Waals surface area contributed by atoms with E-state index in [1.54, 1.807) is 0 Å². The first-order chi connectivity index (χ1) is 26.3. The molecule has 55 heavy (non-hydrogen) atoms. The third-order valence-electron chi connectivity index (χ3n) is 10.0. The molecule has 1 aromatic carbocycles. The molecular formula is C46H77KO7S. The minimum Gasteiger partial charge on any atom is -0.744 e. The number of rotatable bonds is 37. The maximum Gasteiger partial charge on any atom is 1.00 e. The molecule has 0 atom stereocenters. The maximum absolute atomic E-state index is 13.0. The first-order valence-corrected chi connectivity index (χ1v) is 23.5. The van der Waals surface area contributed by atoms with Crippen LogP contribution in [0.3, 0.4) is 0 Å². The summed E-state index contributed by atoms with van der Waals surface area (Å²) in [7, 11) is -5.03. The van der Waals surface area contributed by atoms with Crippen molar-refractivity contribution in [2.45, 2.75) is 211 Å². The van der Waals surface area contributed by atoms with E-state index in [9.17, 15) is 22.6 Å². The number of carbonyl (C=O) groups excluding carboxylic acids is 2. The SMILES string of the molecule is CCCCCCCCCCCCCCC/C=C/CCOC(=O)c1cccc(S(=O)(=O)[O-])c1C(=O)OCC/C=C/CCCCCCCCCCCCCCC.[K+]. The van der Waals surface area contributed by atoms with E-state index in [0.717, 1.165) is 31.7 Å². The molecule has 0 N–H and O–H groups in total. The van der Waals surface area contributed by atoms with Crippen LogP contribution in [0, 0.1) is 0 Å². The van der Waals surface area contributed by atoms with Crippen LogP contribution >= 0.6 is 0 Å². The molecule has 0 bridgehead atoms. The molecule has 7 nitrogen and oxygen atoms in total. The minimum absolute atomic E-state index is 0. The summed E-state index contributed by atoms with van der Waals surface area (Å²) in [5, 5.41) is 0. The smallest absolute Gasteiger partial charge is 0.744 e. The van der Waals surface area contributed by atoms with Gasteiger partial charge in [-0.1, -0.05) is 198 Å². The Morgan fingerprint density at radius 2 is 0.836 bits per heavy atom. The van der Waals surface area contributed by atoms with Gasteiger partial charge in [-0.15, -0.1) is 0 Å². The fraction of sp³-hybridized carbons (Fsp3) is 0.739. The van der Waals surface area contributed by atoms with Crippen molar-refractivity contribution in [1.29, 1.82) is 0 Å². The van der Waals surface area contributed by atoms with E-state index in [1.165, 1.54) is 166 Å². The van der Waals surface area contributed by atoms with Crippen molar-refractivity contribution >= 4 is 22.1 Å². The second-order valence-electron chi connectivity index (χ2n) is 15.0. The van der Waals surface area contributed by atoms with Crippen molar-refractivity contribution in [3.05, 3.63) is 53.6 Å². The number of benzene rings is 1. The Labute approximate surface area is 380 Å². The van der Waals surface area contributed by atoms with Crippen molar-refractivity contribution in [2.75, 3.05) is 13.2 Å². The zero-order valence-electron chi connectivity index (χ0n) is 35.4. The van der Waals surface area contributed by atoms with Gasteiger partial charge in [0.1, 0.15) is 10.1 Å². The van der Waals surface area contributed by atoms with Gasteiger partial charge in [0.25, 0.3) is 0 Å². The van der Waals surface area contributed by atoms with Crippen molar-refractivity contribution in [3.63, 3.8) is 0 Å². The van der Waals surface area contributed by atoms with E-state index in [-0.39, 0.29) is 70.2 Å². The summed E-state index contributed by atoms with van der Waals surface area (Å²) in [6.45, 7) is 4.59. The van der Waals surface area contributed by atoms with E-state index in [2.05, 4.69) is 26.0 Å². The average molecular weight is 813 g/mol. The van der Waals surface area contributed by atoms with Gasteiger partial charge in [0, 0.05) is 0 Å². The number of hydrogen-bond donors (Lipinski definition) is 0. The minimum atomic E-state index is -5.03. The molecule has 1 aromatic rings. The Morgan fingerprint density at radius 3 is 1.20 bits per heavy atom. The van der Waals surface area contributed by atoms with Gasteiger partial charge in [0.05, 0.1) is 29.2 Å². The Balaban J connectivity index is 0.0000292. The number of allylic oxidation sites excluding steroid dienone is 2. The molecule has 0 fully saturated rings. The standard InChI is InChI=1S/C46H78O7S.K/c1-3-5-7-9-11-13-15-17-19-21-23-25-27-29-31-33-35-40-52-45(47)42-38-37-39-43(54(49,50)51)44(42)46(48)53-41-36-34-32-30-28-26-24-22-20-18-16-14-12-10-8-6-4-2;/h31-34,37-39H,3-30,35-36,40-41H2,1-2H3,(H,49,50,51);/q;+1/p-1/b33-31+,34-32+;. The third kappa shape index (κ3) is 30.9. The number of esters is 2. The Kier molecular flexibility index (Phi) is 38.1. The summed E-state index contributed by atoms with van der Waals surface area (Å²) in [4.78, 5) is 25.1. The number of ether oxygens (including phenoxy) is 2. The Bertz CT molecular complexity index is 1240. The summed E-state index contributed by atoms with van der Waals surface area (Å²) in [6, 6.07) is 3.56. The van der Waals surface area contributed by atoms with Crippen LogP contribution in [0.1, 0.15) is 227 Å². The van der Waals surface area contributed by atoms with Gasteiger partial charge < -0.3 is 14.0 Å². The van der Waals surface area contributed by atoms with Gasteiger partial charge in [-0.3, -0.25) is 0 Å². The Morgan fingerprint density at radius 1 is 0.509 bits per heavy atom. The molecule has 0 saturated carbocycles. The van der Waals surface area contributed by atoms with Gasteiger partial charge in [-0.25, -0.2) is 18.0 Å². The predicted molar refractivity (Wildman–Crippen MR) is 223 cm³/mol. The topological polar surface area (TPSA) is 110 Å². The van der Waals surface area contributed by atoms with Gasteiger partial charge in [0.15, 0.2) is 0 Å². The molecule has 0 unspecified atom stereocenters. The van der Waals surface area contributed by atoms with Gasteiger partial charge >= 0.3 is 63.3 Å². The van der Waals surface area contributed by atoms with E-state index >= 15 is 0 Å². The van der Waals surface area contributed by atoms with Crippen LogP contribution in [0.15, 0.2) is 47.4 Å². The molecule has 0 aliphatic heterocycles. The zero-order chi connectivity index (χ0) is 39.4. The maximum atomic E-state index is 13.0. The van der Waals surface area contributed by atoms with Crippen LogP contribution in [0.4, 0.5) is 0 Å². The molecular weight excluding hydrogens is 736 g/mol. The largest absolute Gasteiger partial charge is 1.00 e. The quantitative estimate of drug-likeness (QED) is 0.0216. The summed E-state index contributed by atoms with van der Waals surface area (Å²) >= 11 is 0. The fourth-order valence-electron chi connectivity index (χ4n) is 6.74. The van der Waals surface area contributed by atoms with Crippen LogP contribution in [0.5, 0.6) is 0 Å². The summed E-state index contributed by atoms with van der Waals surface area (Å²) in [6.07, 6.45) is 45.2. The normalized spacial score (nSPS) is 11.7. The van der Waals surface area contributed by atoms with Crippen molar-refractivity contribution < 1.29 is 83.4 Å². The molecule has 0 aromatic heterocycles. The van der Waals surface area contributed by atoms with E-state index in [0.29, 0.717) is 12.8 Å². The molecule has 0 aliphatic rings. The number of carbonyl (C=O) groups is 2. The van der Waals surface area contributed by atoms with Crippen molar-refractivity contribution in [1.82, 2.24) is 0 Å². The molecule has 0 spiro atoms. The molecule has 0 saturated heterocycles. The number of unbranched alkanes of at least 4 members (excludes halogenated alkanes) is 26. The molecule has 0 aliphatic carbocycles. The van der Waals surface area contributed by atoms with Crippen LogP contribution < -0.4 is 51.4 Å². The van der Waals surface area contributed by atoms with Crippen LogP contribution in [-0.2, 0) is 19.6 Å². The van der Waals surface area contributed by atoms with Crippen LogP contribution in [0.2, 0.25) is 0 Å².